The fourth-order valence-electron chi connectivity index (χ4n) is 3.36. The predicted molar refractivity (Wildman–Crippen MR) is 107 cm³/mol. The molecule has 0 aromatic heterocycles. The lowest BCUT2D eigenvalue weighted by Gasteiger charge is -2.29. The van der Waals surface area contributed by atoms with E-state index in [4.69, 9.17) is 0 Å². The van der Waals surface area contributed by atoms with Crippen LogP contribution in [0.3, 0.4) is 0 Å². The van der Waals surface area contributed by atoms with E-state index in [1.165, 1.54) is 29.2 Å². The fraction of sp³-hybridized carbons (Fsp3) is 0.304. The molecule has 2 aromatic rings. The van der Waals surface area contributed by atoms with Crippen LogP contribution in [0.25, 0.3) is 0 Å². The minimum atomic E-state index is -0.813. The first-order valence-electron chi connectivity index (χ1n) is 9.31. The van der Waals surface area contributed by atoms with E-state index in [1.807, 2.05) is 19.1 Å². The second-order valence-electron chi connectivity index (χ2n) is 7.99. The summed E-state index contributed by atoms with van der Waals surface area (Å²) in [6.07, 6.45) is 0.854. The van der Waals surface area contributed by atoms with Crippen molar-refractivity contribution < 1.29 is 19.1 Å². The number of benzene rings is 2. The summed E-state index contributed by atoms with van der Waals surface area (Å²) in [7, 11) is 0. The Hall–Kier alpha value is -2.95. The largest absolute Gasteiger partial charge is 0.503 e. The Bertz CT molecular complexity index is 937. The maximum atomic E-state index is 13.5. The lowest BCUT2D eigenvalue weighted by Crippen LogP contribution is -2.32. The van der Waals surface area contributed by atoms with Gasteiger partial charge in [-0.15, -0.1) is 0 Å². The monoisotopic (exact) mass is 381 g/mol. The number of rotatable bonds is 4. The van der Waals surface area contributed by atoms with E-state index in [1.54, 1.807) is 32.9 Å². The molecule has 1 aliphatic rings. The van der Waals surface area contributed by atoms with Crippen molar-refractivity contribution in [3.8, 4) is 0 Å². The highest BCUT2D eigenvalue weighted by molar-refractivity contribution is 6.17. The van der Waals surface area contributed by atoms with Crippen LogP contribution in [-0.2, 0) is 16.0 Å². The average Bonchev–Trinajstić information content (AvgIpc) is 2.92. The molecule has 2 aromatic carbocycles. The first kappa shape index (κ1) is 19.8. The molecule has 0 fully saturated rings. The summed E-state index contributed by atoms with van der Waals surface area (Å²) < 4.78 is 13.5. The number of ketones is 1. The van der Waals surface area contributed by atoms with Crippen LogP contribution in [0.15, 0.2) is 59.9 Å². The topological polar surface area (TPSA) is 57.6 Å². The highest BCUT2D eigenvalue weighted by atomic mass is 19.1. The van der Waals surface area contributed by atoms with Gasteiger partial charge in [0.15, 0.2) is 11.5 Å². The van der Waals surface area contributed by atoms with E-state index < -0.39 is 28.9 Å². The summed E-state index contributed by atoms with van der Waals surface area (Å²) in [6.45, 7) is 7.24. The van der Waals surface area contributed by atoms with Crippen LogP contribution in [0.1, 0.15) is 44.9 Å². The molecule has 0 spiro atoms. The van der Waals surface area contributed by atoms with E-state index in [-0.39, 0.29) is 11.4 Å². The number of hydrogen-bond donors (Lipinski definition) is 1. The quantitative estimate of drug-likeness (QED) is 0.819. The molecule has 0 saturated carbocycles. The van der Waals surface area contributed by atoms with Crippen LogP contribution < -0.4 is 4.90 Å². The Balaban J connectivity index is 2.17. The first-order valence-corrected chi connectivity index (χ1v) is 9.31. The van der Waals surface area contributed by atoms with Gasteiger partial charge < -0.3 is 5.11 Å². The summed E-state index contributed by atoms with van der Waals surface area (Å²) in [5.74, 6) is -1.91. The van der Waals surface area contributed by atoms with Crippen molar-refractivity contribution in [3.63, 3.8) is 0 Å². The highest BCUT2D eigenvalue weighted by Gasteiger charge is 2.46. The second kappa shape index (κ2) is 7.23. The van der Waals surface area contributed by atoms with Crippen LogP contribution in [-0.4, -0.2) is 16.8 Å². The van der Waals surface area contributed by atoms with Crippen LogP contribution >= 0.6 is 0 Å². The molecule has 0 radical (unpaired) electrons. The van der Waals surface area contributed by atoms with Gasteiger partial charge in [0, 0.05) is 11.1 Å². The SMILES string of the molecule is CCc1ccc(N2C(=O)C(O)=C(C(=O)C(C)(C)C)C2c2ccc(F)cc2)cc1. The Morgan fingerprint density at radius 3 is 2.14 bits per heavy atom. The molecule has 1 heterocycles. The van der Waals surface area contributed by atoms with E-state index >= 15 is 0 Å². The molecule has 1 unspecified atom stereocenters. The summed E-state index contributed by atoms with van der Waals surface area (Å²) in [4.78, 5) is 27.4. The van der Waals surface area contributed by atoms with Gasteiger partial charge in [-0.05, 0) is 41.8 Å². The number of nitrogens with zero attached hydrogens (tertiary/aromatic N) is 1. The lowest BCUT2D eigenvalue weighted by atomic mass is 9.82. The van der Waals surface area contributed by atoms with Gasteiger partial charge in [0.2, 0.25) is 0 Å². The summed E-state index contributed by atoms with van der Waals surface area (Å²) in [5.41, 5.74) is 1.50. The van der Waals surface area contributed by atoms with Gasteiger partial charge in [-0.2, -0.15) is 0 Å². The molecule has 0 bridgehead atoms. The molecule has 0 saturated heterocycles. The van der Waals surface area contributed by atoms with Gasteiger partial charge in [-0.25, -0.2) is 4.39 Å². The second-order valence-corrected chi connectivity index (χ2v) is 7.99. The number of carbonyl (C=O) groups is 2. The number of hydrogen-bond acceptors (Lipinski definition) is 3. The standard InChI is InChI=1S/C23H24FNO3/c1-5-14-6-12-17(13-7-14)25-19(15-8-10-16(24)11-9-15)18(20(26)22(25)28)21(27)23(2,3)4/h6-13,19,26H,5H2,1-4H3. The smallest absolute Gasteiger partial charge is 0.294 e. The van der Waals surface area contributed by atoms with Crippen molar-refractivity contribution in [3.05, 3.63) is 76.8 Å². The molecule has 1 aliphatic heterocycles. The van der Waals surface area contributed by atoms with Crippen molar-refractivity contribution in [1.82, 2.24) is 0 Å². The third-order valence-electron chi connectivity index (χ3n) is 4.94. The number of aliphatic hydroxyl groups excluding tert-OH is 1. The zero-order valence-electron chi connectivity index (χ0n) is 16.5. The third-order valence-corrected chi connectivity index (χ3v) is 4.94. The van der Waals surface area contributed by atoms with Crippen LogP contribution in [0, 0.1) is 11.2 Å². The number of carbonyl (C=O) groups excluding carboxylic acids is 2. The van der Waals surface area contributed by atoms with Crippen molar-refractivity contribution in [2.24, 2.45) is 5.41 Å². The predicted octanol–water partition coefficient (Wildman–Crippen LogP) is 4.90. The number of aryl methyl sites for hydroxylation is 1. The van der Waals surface area contributed by atoms with Crippen molar-refractivity contribution in [2.45, 2.75) is 40.2 Å². The van der Waals surface area contributed by atoms with Gasteiger partial charge >= 0.3 is 0 Å². The molecule has 5 heteroatoms. The molecule has 1 N–H and O–H groups in total. The fourth-order valence-corrected chi connectivity index (χ4v) is 3.36. The Labute approximate surface area is 164 Å². The van der Waals surface area contributed by atoms with Gasteiger partial charge in [0.05, 0.1) is 11.6 Å². The molecule has 28 heavy (non-hydrogen) atoms. The number of anilines is 1. The number of aliphatic hydroxyl groups is 1. The average molecular weight is 381 g/mol. The number of amides is 1. The Kier molecular flexibility index (Phi) is 5.11. The normalized spacial score (nSPS) is 17.4. The molecule has 146 valence electrons. The minimum Gasteiger partial charge on any atom is -0.503 e. The van der Waals surface area contributed by atoms with E-state index in [0.29, 0.717) is 11.3 Å². The van der Waals surface area contributed by atoms with Crippen LogP contribution in [0.4, 0.5) is 10.1 Å². The maximum Gasteiger partial charge on any atom is 0.294 e. The molecule has 3 rings (SSSR count). The van der Waals surface area contributed by atoms with Gasteiger partial charge in [-0.3, -0.25) is 14.5 Å². The molecule has 0 aliphatic carbocycles. The van der Waals surface area contributed by atoms with Gasteiger partial charge in [-0.1, -0.05) is 52.0 Å². The van der Waals surface area contributed by atoms with Gasteiger partial charge in [0.25, 0.3) is 5.91 Å². The summed E-state index contributed by atoms with van der Waals surface area (Å²) in [6, 6.07) is 12.2. The maximum absolute atomic E-state index is 13.5. The minimum absolute atomic E-state index is 0.0451. The molecular formula is C23H24FNO3. The number of Topliss-reactive ketones (excluding diaryl/α,β-unsaturated/α-hetero) is 1. The first-order chi connectivity index (χ1) is 13.1. The Morgan fingerprint density at radius 2 is 1.64 bits per heavy atom. The van der Waals surface area contributed by atoms with Crippen LogP contribution in [0.2, 0.25) is 0 Å². The Morgan fingerprint density at radius 1 is 1.07 bits per heavy atom. The summed E-state index contributed by atoms with van der Waals surface area (Å²) >= 11 is 0. The van der Waals surface area contributed by atoms with E-state index in [2.05, 4.69) is 0 Å². The van der Waals surface area contributed by atoms with Crippen LogP contribution in [0.5, 0.6) is 0 Å². The third kappa shape index (κ3) is 3.44. The lowest BCUT2D eigenvalue weighted by molar-refractivity contribution is -0.123. The highest BCUT2D eigenvalue weighted by Crippen LogP contribution is 2.43. The molecule has 4 nitrogen and oxygen atoms in total. The molecule has 1 amide bonds. The van der Waals surface area contributed by atoms with Crippen molar-refractivity contribution >= 4 is 17.4 Å². The zero-order valence-corrected chi connectivity index (χ0v) is 16.5. The summed E-state index contributed by atoms with van der Waals surface area (Å²) in [5, 5.41) is 10.6. The van der Waals surface area contributed by atoms with Crippen molar-refractivity contribution in [1.29, 1.82) is 0 Å². The zero-order chi connectivity index (χ0) is 20.6. The van der Waals surface area contributed by atoms with Crippen molar-refractivity contribution in [2.75, 3.05) is 4.90 Å². The van der Waals surface area contributed by atoms with Gasteiger partial charge in [0.1, 0.15) is 5.82 Å². The van der Waals surface area contributed by atoms with E-state index in [9.17, 15) is 19.1 Å². The van der Waals surface area contributed by atoms with E-state index in [0.717, 1.165) is 12.0 Å². The molecule has 1 atom stereocenters. The molecular weight excluding hydrogens is 357 g/mol. The number of halogens is 1.